The number of aromatic nitrogens is 3. The second-order valence-electron chi connectivity index (χ2n) is 11.1. The lowest BCUT2D eigenvalue weighted by atomic mass is 9.50. The highest BCUT2D eigenvalue weighted by atomic mass is 16.5. The van der Waals surface area contributed by atoms with Gasteiger partial charge < -0.3 is 14.6 Å². The lowest BCUT2D eigenvalue weighted by molar-refractivity contribution is -0.140. The lowest BCUT2D eigenvalue weighted by Gasteiger charge is -2.53. The first-order valence-corrected chi connectivity index (χ1v) is 13.5. The summed E-state index contributed by atoms with van der Waals surface area (Å²) in [5.74, 6) is -1.54. The molecule has 2 aromatic carbocycles. The molecule has 6 rings (SSSR count). The smallest absolute Gasteiger partial charge is 0.352 e. The zero-order chi connectivity index (χ0) is 29.4. The van der Waals surface area contributed by atoms with Crippen molar-refractivity contribution in [3.8, 4) is 22.9 Å². The standard InChI is InChI=1S/C31H31N3O7/c1-16-17(2)28(37)31(3)21(27(16)36)15-22-20(26(31)25-23(35)13-19(40-4)14-24(25)41-5)11-12-32-29(38)33(30(39)34(22)32)18-9-7-6-8-10-18/h6-11,13-14,21-22,26,35H,12,15H2,1-5H3/t21-,22+,26+,31+/m0/s1. The molecule has 3 aliphatic rings. The van der Waals surface area contributed by atoms with Crippen molar-refractivity contribution < 1.29 is 24.2 Å². The van der Waals surface area contributed by atoms with Crippen LogP contribution in [0.25, 0.3) is 5.69 Å². The molecule has 0 bridgehead atoms. The summed E-state index contributed by atoms with van der Waals surface area (Å²) in [6.45, 7) is 5.14. The monoisotopic (exact) mass is 557 g/mol. The zero-order valence-electron chi connectivity index (χ0n) is 23.5. The first-order chi connectivity index (χ1) is 19.6. The molecule has 2 aliphatic carbocycles. The molecule has 0 unspecified atom stereocenters. The number of para-hydroxylation sites is 1. The SMILES string of the molecule is COc1cc(O)c([C@H]2C3=CCn4c(=O)n(-c5ccccc5)c(=O)n4[C@@H]3C[C@H]3C(=O)C(C)=C(C)C(=O)[C@@]23C)c(OC)c1. The lowest BCUT2D eigenvalue weighted by Crippen LogP contribution is -2.55. The molecule has 41 heavy (non-hydrogen) atoms. The fourth-order valence-corrected chi connectivity index (χ4v) is 7.11. The maximum absolute atomic E-state index is 14.2. The van der Waals surface area contributed by atoms with Crippen LogP contribution in [0.15, 0.2) is 74.8 Å². The molecule has 0 radical (unpaired) electrons. The summed E-state index contributed by atoms with van der Waals surface area (Å²) < 4.78 is 14.9. The zero-order valence-corrected chi connectivity index (χ0v) is 23.5. The van der Waals surface area contributed by atoms with E-state index in [2.05, 4.69) is 0 Å². The number of carbonyl (C=O) groups excluding carboxylic acids is 2. The van der Waals surface area contributed by atoms with Gasteiger partial charge in [-0.05, 0) is 49.1 Å². The van der Waals surface area contributed by atoms with Gasteiger partial charge in [-0.2, -0.15) is 0 Å². The minimum Gasteiger partial charge on any atom is -0.507 e. The number of nitrogens with zero attached hydrogens (tertiary/aromatic N) is 3. The Morgan fingerprint density at radius 1 is 0.951 bits per heavy atom. The highest BCUT2D eigenvalue weighted by molar-refractivity contribution is 6.15. The highest BCUT2D eigenvalue weighted by Gasteiger charge is 2.61. The van der Waals surface area contributed by atoms with E-state index in [1.54, 1.807) is 57.2 Å². The van der Waals surface area contributed by atoms with Crippen LogP contribution in [0.3, 0.4) is 0 Å². The second-order valence-corrected chi connectivity index (χ2v) is 11.1. The third kappa shape index (κ3) is 3.49. The van der Waals surface area contributed by atoms with Crippen LogP contribution in [0.1, 0.15) is 44.7 Å². The molecule has 3 aromatic rings. The molecule has 212 valence electrons. The van der Waals surface area contributed by atoms with Gasteiger partial charge >= 0.3 is 11.4 Å². The van der Waals surface area contributed by atoms with Crippen LogP contribution < -0.4 is 20.9 Å². The average molecular weight is 558 g/mol. The van der Waals surface area contributed by atoms with Crippen molar-refractivity contribution in [2.24, 2.45) is 11.3 Å². The van der Waals surface area contributed by atoms with Gasteiger partial charge in [0.15, 0.2) is 11.6 Å². The molecule has 10 heteroatoms. The van der Waals surface area contributed by atoms with Crippen molar-refractivity contribution in [1.29, 1.82) is 0 Å². The van der Waals surface area contributed by atoms with Gasteiger partial charge in [0.05, 0.1) is 37.9 Å². The number of hydrogen-bond donors (Lipinski definition) is 1. The molecule has 0 spiro atoms. The summed E-state index contributed by atoms with van der Waals surface area (Å²) in [6.07, 6.45) is 1.99. The number of benzene rings is 2. The predicted octanol–water partition coefficient (Wildman–Crippen LogP) is 3.30. The topological polar surface area (TPSA) is 122 Å². The second kappa shape index (κ2) is 9.22. The first-order valence-electron chi connectivity index (χ1n) is 13.5. The number of phenols is 1. The molecular weight excluding hydrogens is 526 g/mol. The third-order valence-corrected chi connectivity index (χ3v) is 9.29. The highest BCUT2D eigenvalue weighted by Crippen LogP contribution is 2.63. The van der Waals surface area contributed by atoms with E-state index in [9.17, 15) is 24.3 Å². The van der Waals surface area contributed by atoms with E-state index in [0.717, 1.165) is 4.57 Å². The predicted molar refractivity (Wildman–Crippen MR) is 150 cm³/mol. The summed E-state index contributed by atoms with van der Waals surface area (Å²) >= 11 is 0. The Hall–Kier alpha value is -4.60. The van der Waals surface area contributed by atoms with E-state index in [1.807, 2.05) is 6.08 Å². The molecule has 0 saturated heterocycles. The van der Waals surface area contributed by atoms with Crippen LogP contribution in [-0.2, 0) is 16.1 Å². The quantitative estimate of drug-likeness (QED) is 0.489. The Morgan fingerprint density at radius 2 is 1.66 bits per heavy atom. The number of fused-ring (bicyclic) bond motifs is 4. The Balaban J connectivity index is 1.65. The van der Waals surface area contributed by atoms with Gasteiger partial charge in [-0.1, -0.05) is 31.2 Å². The van der Waals surface area contributed by atoms with Crippen LogP contribution in [-0.4, -0.2) is 44.8 Å². The van der Waals surface area contributed by atoms with Gasteiger partial charge in [-0.3, -0.25) is 9.59 Å². The van der Waals surface area contributed by atoms with E-state index < -0.39 is 34.7 Å². The van der Waals surface area contributed by atoms with Gasteiger partial charge in [0, 0.05) is 29.5 Å². The molecule has 1 N–H and O–H groups in total. The molecule has 1 aromatic heterocycles. The average Bonchev–Trinajstić information content (AvgIpc) is 3.24. The van der Waals surface area contributed by atoms with Crippen molar-refractivity contribution in [3.63, 3.8) is 0 Å². The van der Waals surface area contributed by atoms with Crippen LogP contribution in [0.4, 0.5) is 0 Å². The van der Waals surface area contributed by atoms with Gasteiger partial charge in [-0.25, -0.2) is 23.5 Å². The van der Waals surface area contributed by atoms with Gasteiger partial charge in [0.1, 0.15) is 17.2 Å². The third-order valence-electron chi connectivity index (χ3n) is 9.29. The molecule has 4 atom stereocenters. The number of phenolic OH excluding ortho intramolecular Hbond substituents is 1. The summed E-state index contributed by atoms with van der Waals surface area (Å²) in [6, 6.07) is 11.0. The fourth-order valence-electron chi connectivity index (χ4n) is 7.11. The number of hydrogen-bond acceptors (Lipinski definition) is 7. The fraction of sp³-hybridized carbons (Fsp3) is 0.355. The van der Waals surface area contributed by atoms with Gasteiger partial charge in [-0.15, -0.1) is 0 Å². The van der Waals surface area contributed by atoms with Crippen LogP contribution in [0.5, 0.6) is 17.2 Å². The molecule has 0 amide bonds. The molecule has 1 saturated carbocycles. The number of allylic oxidation sites excluding steroid dienone is 4. The summed E-state index contributed by atoms with van der Waals surface area (Å²) in [5.41, 5.74) is -0.117. The van der Waals surface area contributed by atoms with Crippen molar-refractivity contribution in [2.75, 3.05) is 14.2 Å². The maximum Gasteiger partial charge on any atom is 0.352 e. The first kappa shape index (κ1) is 26.6. The van der Waals surface area contributed by atoms with Crippen molar-refractivity contribution >= 4 is 11.6 Å². The molecule has 10 nitrogen and oxygen atoms in total. The number of methoxy groups -OCH3 is 2. The molecule has 2 heterocycles. The number of Topliss-reactive ketones (excluding diaryl/α,β-unsaturated/α-hetero) is 2. The Kier molecular flexibility index (Phi) is 5.99. The minimum atomic E-state index is -1.28. The van der Waals surface area contributed by atoms with Crippen LogP contribution in [0, 0.1) is 11.3 Å². The summed E-state index contributed by atoms with van der Waals surface area (Å²) in [4.78, 5) is 55.5. The van der Waals surface area contributed by atoms with Crippen molar-refractivity contribution in [3.05, 3.63) is 91.8 Å². The van der Waals surface area contributed by atoms with E-state index in [1.165, 1.54) is 29.6 Å². The normalized spacial score (nSPS) is 25.3. The number of ether oxygens (including phenoxy) is 2. The number of rotatable bonds is 4. The number of aromatic hydroxyl groups is 1. The van der Waals surface area contributed by atoms with Gasteiger partial charge in [0.2, 0.25) is 0 Å². The largest absolute Gasteiger partial charge is 0.507 e. The van der Waals surface area contributed by atoms with Gasteiger partial charge in [0.25, 0.3) is 0 Å². The minimum absolute atomic E-state index is 0.0756. The van der Waals surface area contributed by atoms with Crippen molar-refractivity contribution in [2.45, 2.75) is 45.7 Å². The molecule has 1 aliphatic heterocycles. The van der Waals surface area contributed by atoms with Crippen molar-refractivity contribution in [1.82, 2.24) is 13.9 Å². The number of ketones is 2. The maximum atomic E-state index is 14.2. The molecular formula is C31H31N3O7. The Labute approximate surface area is 235 Å². The van der Waals surface area contributed by atoms with E-state index in [-0.39, 0.29) is 36.0 Å². The summed E-state index contributed by atoms with van der Waals surface area (Å²) in [7, 11) is 2.92. The summed E-state index contributed by atoms with van der Waals surface area (Å²) in [5, 5.41) is 11.4. The Morgan fingerprint density at radius 3 is 2.32 bits per heavy atom. The van der Waals surface area contributed by atoms with E-state index in [0.29, 0.717) is 33.7 Å². The number of carbonyl (C=O) groups is 2. The van der Waals surface area contributed by atoms with Crippen LogP contribution in [0.2, 0.25) is 0 Å². The van der Waals surface area contributed by atoms with Crippen LogP contribution >= 0.6 is 0 Å². The Bertz CT molecular complexity index is 1810. The van der Waals surface area contributed by atoms with E-state index in [4.69, 9.17) is 9.47 Å². The van der Waals surface area contributed by atoms with E-state index >= 15 is 0 Å². The molecule has 1 fully saturated rings.